The van der Waals surface area contributed by atoms with E-state index >= 15 is 0 Å². The van der Waals surface area contributed by atoms with Crippen molar-refractivity contribution in [2.75, 3.05) is 5.32 Å². The lowest BCUT2D eigenvalue weighted by Crippen LogP contribution is -2.17. The van der Waals surface area contributed by atoms with Crippen LogP contribution in [-0.4, -0.2) is 17.0 Å². The predicted octanol–water partition coefficient (Wildman–Crippen LogP) is 4.73. The van der Waals surface area contributed by atoms with Gasteiger partial charge in [-0.15, -0.1) is 11.3 Å². The predicted molar refractivity (Wildman–Crippen MR) is 113 cm³/mol. The van der Waals surface area contributed by atoms with Crippen LogP contribution in [0.4, 0.5) is 5.00 Å². The Balaban J connectivity index is 1.70. The molecule has 0 aliphatic heterocycles. The molecule has 0 aliphatic carbocycles. The van der Waals surface area contributed by atoms with Crippen LogP contribution in [-0.2, 0) is 0 Å². The number of aryl methyl sites for hydroxylation is 1. The number of carbonyl (C=O) groups is 2. The number of nitrogens with one attached hydrogen (secondary N) is 1. The van der Waals surface area contributed by atoms with Crippen LogP contribution in [0.1, 0.15) is 26.5 Å². The van der Waals surface area contributed by atoms with Gasteiger partial charge in [0.1, 0.15) is 22.0 Å². The maximum absolute atomic E-state index is 13.1. The van der Waals surface area contributed by atoms with Crippen molar-refractivity contribution >= 4 is 28.2 Å². The Kier molecular flexibility index (Phi) is 4.97. The van der Waals surface area contributed by atoms with Crippen molar-refractivity contribution in [3.63, 3.8) is 0 Å². The normalized spacial score (nSPS) is 10.7. The molecule has 4 rings (SSSR count). The van der Waals surface area contributed by atoms with E-state index in [2.05, 4.69) is 10.5 Å². The number of primary amides is 1. The molecule has 0 bridgehead atoms. The summed E-state index contributed by atoms with van der Waals surface area (Å²) >= 11 is 1.29. The first-order chi connectivity index (χ1) is 14.0. The number of nitrogens with two attached hydrogens (primary N) is 1. The smallest absolute Gasteiger partial charge is 0.262 e. The van der Waals surface area contributed by atoms with Gasteiger partial charge in [-0.3, -0.25) is 9.59 Å². The van der Waals surface area contributed by atoms with Crippen molar-refractivity contribution in [1.82, 2.24) is 5.16 Å². The minimum atomic E-state index is -0.607. The van der Waals surface area contributed by atoms with Gasteiger partial charge in [0.25, 0.3) is 11.8 Å². The number of aromatic nitrogens is 1. The molecule has 2 aromatic carbocycles. The Labute approximate surface area is 171 Å². The topological polar surface area (TPSA) is 98.2 Å². The van der Waals surface area contributed by atoms with E-state index < -0.39 is 11.8 Å². The van der Waals surface area contributed by atoms with Gasteiger partial charge in [-0.05, 0) is 18.6 Å². The molecule has 0 fully saturated rings. The molecule has 29 heavy (non-hydrogen) atoms. The summed E-state index contributed by atoms with van der Waals surface area (Å²) in [6, 6.07) is 20.6. The van der Waals surface area contributed by atoms with E-state index in [0.717, 1.165) is 16.0 Å². The second-order valence-electron chi connectivity index (χ2n) is 6.37. The fourth-order valence-corrected chi connectivity index (χ4v) is 4.07. The van der Waals surface area contributed by atoms with Crippen LogP contribution in [0.5, 0.6) is 0 Å². The van der Waals surface area contributed by atoms with Crippen molar-refractivity contribution in [1.29, 1.82) is 0 Å². The standard InChI is InChI=1S/C22H17N3O3S/c1-13-18(19(25-28-13)15-10-6-3-7-11-15)21(27)24-22-16(20(23)26)12-17(29-22)14-8-4-2-5-9-14/h2-12H,1H3,(H2,23,26)(H,24,27). The van der Waals surface area contributed by atoms with Crippen LogP contribution in [0.25, 0.3) is 21.7 Å². The molecule has 7 heteroatoms. The number of carbonyl (C=O) groups excluding carboxylic acids is 2. The summed E-state index contributed by atoms with van der Waals surface area (Å²) in [5, 5.41) is 7.24. The van der Waals surface area contributed by atoms with Crippen molar-refractivity contribution in [3.05, 3.63) is 83.6 Å². The van der Waals surface area contributed by atoms with Gasteiger partial charge in [-0.2, -0.15) is 0 Å². The summed E-state index contributed by atoms with van der Waals surface area (Å²) in [4.78, 5) is 25.8. The lowest BCUT2D eigenvalue weighted by atomic mass is 10.1. The summed E-state index contributed by atoms with van der Waals surface area (Å²) < 4.78 is 5.26. The zero-order chi connectivity index (χ0) is 20.4. The van der Waals surface area contributed by atoms with Crippen LogP contribution in [0.15, 0.2) is 71.3 Å². The largest absolute Gasteiger partial charge is 0.366 e. The Hall–Kier alpha value is -3.71. The third kappa shape index (κ3) is 3.68. The number of hydrogen-bond donors (Lipinski definition) is 2. The first kappa shape index (κ1) is 18.6. The highest BCUT2D eigenvalue weighted by molar-refractivity contribution is 7.20. The molecule has 0 atom stereocenters. The summed E-state index contributed by atoms with van der Waals surface area (Å²) in [5.74, 6) is -0.627. The molecule has 6 nitrogen and oxygen atoms in total. The van der Waals surface area contributed by atoms with E-state index in [0.29, 0.717) is 22.0 Å². The van der Waals surface area contributed by atoms with Gasteiger partial charge in [0.15, 0.2) is 0 Å². The molecule has 3 N–H and O–H groups in total. The average Bonchev–Trinajstić information content (AvgIpc) is 3.33. The van der Waals surface area contributed by atoms with E-state index in [9.17, 15) is 9.59 Å². The maximum atomic E-state index is 13.1. The molecule has 0 radical (unpaired) electrons. The number of thiophene rings is 1. The first-order valence-electron chi connectivity index (χ1n) is 8.86. The van der Waals surface area contributed by atoms with Crippen LogP contribution < -0.4 is 11.1 Å². The van der Waals surface area contributed by atoms with E-state index in [1.54, 1.807) is 13.0 Å². The monoisotopic (exact) mass is 403 g/mol. The molecule has 2 heterocycles. The molecule has 2 amide bonds. The third-order valence-corrected chi connectivity index (χ3v) is 5.52. The highest BCUT2D eigenvalue weighted by Gasteiger charge is 2.24. The number of nitrogens with zero attached hydrogens (tertiary/aromatic N) is 1. The van der Waals surface area contributed by atoms with Gasteiger partial charge in [0.2, 0.25) is 0 Å². The molecule has 144 valence electrons. The molecular formula is C22H17N3O3S. The molecule has 0 saturated carbocycles. The Bertz CT molecular complexity index is 1180. The molecule has 0 aliphatic rings. The Morgan fingerprint density at radius 3 is 2.24 bits per heavy atom. The van der Waals surface area contributed by atoms with Crippen LogP contribution in [0.3, 0.4) is 0 Å². The highest BCUT2D eigenvalue weighted by atomic mass is 32.1. The molecular weight excluding hydrogens is 386 g/mol. The fourth-order valence-electron chi connectivity index (χ4n) is 3.01. The Morgan fingerprint density at radius 2 is 1.62 bits per heavy atom. The minimum absolute atomic E-state index is 0.262. The van der Waals surface area contributed by atoms with E-state index in [4.69, 9.17) is 10.3 Å². The quantitative estimate of drug-likeness (QED) is 0.503. The van der Waals surface area contributed by atoms with E-state index in [1.165, 1.54) is 11.3 Å². The number of amides is 2. The fraction of sp³-hybridized carbons (Fsp3) is 0.0455. The van der Waals surface area contributed by atoms with Gasteiger partial charge >= 0.3 is 0 Å². The minimum Gasteiger partial charge on any atom is -0.366 e. The van der Waals surface area contributed by atoms with Crippen LogP contribution in [0.2, 0.25) is 0 Å². The number of rotatable bonds is 5. The Morgan fingerprint density at radius 1 is 1.00 bits per heavy atom. The van der Waals surface area contributed by atoms with Gasteiger partial charge in [0, 0.05) is 10.4 Å². The summed E-state index contributed by atoms with van der Waals surface area (Å²) in [5.41, 5.74) is 8.27. The third-order valence-electron chi connectivity index (χ3n) is 4.42. The zero-order valence-electron chi connectivity index (χ0n) is 15.5. The average molecular weight is 403 g/mol. The van der Waals surface area contributed by atoms with Gasteiger partial charge in [-0.1, -0.05) is 65.8 Å². The summed E-state index contributed by atoms with van der Waals surface area (Å²) in [6.07, 6.45) is 0. The molecule has 0 saturated heterocycles. The zero-order valence-corrected chi connectivity index (χ0v) is 16.3. The molecule has 4 aromatic rings. The number of anilines is 1. The highest BCUT2D eigenvalue weighted by Crippen LogP contribution is 2.36. The van der Waals surface area contributed by atoms with Crippen molar-refractivity contribution < 1.29 is 14.1 Å². The van der Waals surface area contributed by atoms with Crippen LogP contribution in [0, 0.1) is 6.92 Å². The van der Waals surface area contributed by atoms with Gasteiger partial charge < -0.3 is 15.6 Å². The molecule has 0 unspecified atom stereocenters. The van der Waals surface area contributed by atoms with Crippen molar-refractivity contribution in [2.24, 2.45) is 5.73 Å². The number of benzene rings is 2. The van der Waals surface area contributed by atoms with Gasteiger partial charge in [0.05, 0.1) is 5.56 Å². The number of hydrogen-bond acceptors (Lipinski definition) is 5. The summed E-state index contributed by atoms with van der Waals surface area (Å²) in [6.45, 7) is 1.67. The summed E-state index contributed by atoms with van der Waals surface area (Å²) in [7, 11) is 0. The first-order valence-corrected chi connectivity index (χ1v) is 9.68. The lowest BCUT2D eigenvalue weighted by molar-refractivity contribution is 0.100. The van der Waals surface area contributed by atoms with E-state index in [-0.39, 0.29) is 5.56 Å². The molecule has 0 spiro atoms. The second-order valence-corrected chi connectivity index (χ2v) is 7.42. The molecule has 2 aromatic heterocycles. The SMILES string of the molecule is Cc1onc(-c2ccccc2)c1C(=O)Nc1sc(-c2ccccc2)cc1C(N)=O. The lowest BCUT2D eigenvalue weighted by Gasteiger charge is -2.05. The second kappa shape index (κ2) is 7.73. The maximum Gasteiger partial charge on any atom is 0.262 e. The van der Waals surface area contributed by atoms with Crippen molar-refractivity contribution in [2.45, 2.75) is 6.92 Å². The van der Waals surface area contributed by atoms with Crippen molar-refractivity contribution in [3.8, 4) is 21.7 Å². The van der Waals surface area contributed by atoms with E-state index in [1.807, 2.05) is 60.7 Å². The van der Waals surface area contributed by atoms with Gasteiger partial charge in [-0.25, -0.2) is 0 Å². The van der Waals surface area contributed by atoms with Crippen LogP contribution >= 0.6 is 11.3 Å².